The number of nitrogens with one attached hydrogen (secondary N) is 2. The molecule has 1 heterocycles. The zero-order chi connectivity index (χ0) is 20.9. The van der Waals surface area contributed by atoms with Crippen LogP contribution in [0.3, 0.4) is 0 Å². The zero-order valence-corrected chi connectivity index (χ0v) is 15.2. The second-order valence-electron chi connectivity index (χ2n) is 5.80. The van der Waals surface area contributed by atoms with Gasteiger partial charge in [-0.05, 0) is 30.3 Å². The highest BCUT2D eigenvalue weighted by atomic mass is 19.4. The Hall–Kier alpha value is -3.75. The van der Waals surface area contributed by atoms with Gasteiger partial charge < -0.3 is 9.47 Å². The van der Waals surface area contributed by atoms with E-state index in [1.54, 1.807) is 24.3 Å². The van der Waals surface area contributed by atoms with Crippen LogP contribution in [0.2, 0.25) is 0 Å². The number of hydrogen-bond acceptors (Lipinski definition) is 5. The third-order valence-corrected chi connectivity index (χ3v) is 3.72. The molecule has 0 aliphatic rings. The van der Waals surface area contributed by atoms with E-state index in [4.69, 9.17) is 9.47 Å². The van der Waals surface area contributed by atoms with Gasteiger partial charge in [0.1, 0.15) is 17.2 Å². The van der Waals surface area contributed by atoms with Crippen molar-refractivity contribution in [2.45, 2.75) is 6.18 Å². The Morgan fingerprint density at radius 2 is 1.72 bits per heavy atom. The van der Waals surface area contributed by atoms with Crippen LogP contribution < -0.4 is 20.3 Å². The molecule has 0 aliphatic heterocycles. The number of ether oxygens (including phenoxy) is 2. The summed E-state index contributed by atoms with van der Waals surface area (Å²) in [6.07, 6.45) is -4.50. The number of anilines is 1. The quantitative estimate of drug-likeness (QED) is 0.586. The van der Waals surface area contributed by atoms with E-state index in [-0.39, 0.29) is 23.1 Å². The summed E-state index contributed by atoms with van der Waals surface area (Å²) in [7, 11) is 1.38. The van der Waals surface area contributed by atoms with Crippen molar-refractivity contribution in [1.82, 2.24) is 10.4 Å². The fourth-order valence-electron chi connectivity index (χ4n) is 2.34. The van der Waals surface area contributed by atoms with E-state index in [2.05, 4.69) is 15.8 Å². The van der Waals surface area contributed by atoms with Crippen molar-refractivity contribution in [2.24, 2.45) is 0 Å². The third kappa shape index (κ3) is 5.38. The lowest BCUT2D eigenvalue weighted by molar-refractivity contribution is -0.137. The van der Waals surface area contributed by atoms with Crippen LogP contribution in [0.5, 0.6) is 17.4 Å². The fourth-order valence-corrected chi connectivity index (χ4v) is 2.34. The number of carbonyl (C=O) groups is 1. The van der Waals surface area contributed by atoms with E-state index >= 15 is 0 Å². The number of pyridine rings is 1. The Morgan fingerprint density at radius 1 is 0.966 bits per heavy atom. The maximum Gasteiger partial charge on any atom is 0.416 e. The van der Waals surface area contributed by atoms with Crippen LogP contribution in [-0.4, -0.2) is 18.0 Å². The van der Waals surface area contributed by atoms with Gasteiger partial charge >= 0.3 is 6.18 Å². The summed E-state index contributed by atoms with van der Waals surface area (Å²) in [5.74, 6) is -0.489. The van der Waals surface area contributed by atoms with E-state index in [1.807, 2.05) is 6.07 Å². The van der Waals surface area contributed by atoms with E-state index < -0.39 is 17.6 Å². The minimum atomic E-state index is -4.50. The largest absolute Gasteiger partial charge is 0.496 e. The lowest BCUT2D eigenvalue weighted by Crippen LogP contribution is -2.30. The summed E-state index contributed by atoms with van der Waals surface area (Å²) in [5, 5.41) is 0. The van der Waals surface area contributed by atoms with Crippen molar-refractivity contribution in [2.75, 3.05) is 12.5 Å². The molecule has 3 rings (SSSR count). The van der Waals surface area contributed by atoms with Gasteiger partial charge in [-0.15, -0.1) is 0 Å². The molecule has 0 fully saturated rings. The molecule has 1 amide bonds. The molecule has 6 nitrogen and oxygen atoms in total. The van der Waals surface area contributed by atoms with Gasteiger partial charge in [-0.2, -0.15) is 13.2 Å². The maximum absolute atomic E-state index is 12.9. The molecule has 0 saturated heterocycles. The van der Waals surface area contributed by atoms with Crippen molar-refractivity contribution in [3.63, 3.8) is 0 Å². The van der Waals surface area contributed by atoms with Crippen LogP contribution in [0.15, 0.2) is 66.7 Å². The molecule has 0 aliphatic carbocycles. The van der Waals surface area contributed by atoms with E-state index in [9.17, 15) is 18.0 Å². The second-order valence-corrected chi connectivity index (χ2v) is 5.80. The zero-order valence-electron chi connectivity index (χ0n) is 15.2. The molecule has 0 spiro atoms. The summed E-state index contributed by atoms with van der Waals surface area (Å²) < 4.78 is 49.1. The lowest BCUT2D eigenvalue weighted by atomic mass is 10.2. The van der Waals surface area contributed by atoms with E-state index in [1.165, 1.54) is 31.4 Å². The SMILES string of the molecule is COc1cc(Oc2cccc(C(F)(F)F)c2)nc(C(=O)NNc2ccccc2)c1. The van der Waals surface area contributed by atoms with Gasteiger partial charge in [-0.1, -0.05) is 24.3 Å². The number of para-hydroxylation sites is 1. The van der Waals surface area contributed by atoms with Gasteiger partial charge in [0.25, 0.3) is 5.91 Å². The number of aromatic nitrogens is 1. The Balaban J connectivity index is 1.79. The lowest BCUT2D eigenvalue weighted by Gasteiger charge is -2.12. The van der Waals surface area contributed by atoms with Gasteiger partial charge in [0.2, 0.25) is 5.88 Å². The van der Waals surface area contributed by atoms with Crippen LogP contribution >= 0.6 is 0 Å². The molecule has 2 N–H and O–H groups in total. The molecular weight excluding hydrogens is 387 g/mol. The highest BCUT2D eigenvalue weighted by Crippen LogP contribution is 2.33. The first-order chi connectivity index (χ1) is 13.8. The molecule has 0 unspecified atom stereocenters. The van der Waals surface area contributed by atoms with Crippen LogP contribution in [0.25, 0.3) is 0 Å². The summed E-state index contributed by atoms with van der Waals surface area (Å²) in [6, 6.07) is 16.0. The fraction of sp³-hybridized carbons (Fsp3) is 0.100. The number of hydrazine groups is 1. The summed E-state index contributed by atoms with van der Waals surface area (Å²) in [4.78, 5) is 16.4. The normalized spacial score (nSPS) is 10.9. The first-order valence-electron chi connectivity index (χ1n) is 8.38. The Bertz CT molecular complexity index is 995. The third-order valence-electron chi connectivity index (χ3n) is 3.72. The average Bonchev–Trinajstić information content (AvgIpc) is 2.72. The van der Waals surface area contributed by atoms with Crippen molar-refractivity contribution in [1.29, 1.82) is 0 Å². The number of amides is 1. The molecule has 0 atom stereocenters. The van der Waals surface area contributed by atoms with Crippen molar-refractivity contribution in [3.8, 4) is 17.4 Å². The number of methoxy groups -OCH3 is 1. The molecule has 0 radical (unpaired) electrons. The first kappa shape index (κ1) is 20.0. The molecule has 2 aromatic carbocycles. The van der Waals surface area contributed by atoms with Gasteiger partial charge in [-0.25, -0.2) is 4.98 Å². The summed E-state index contributed by atoms with van der Waals surface area (Å²) in [6.45, 7) is 0. The molecular formula is C20H16F3N3O3. The molecule has 3 aromatic rings. The Morgan fingerprint density at radius 3 is 2.41 bits per heavy atom. The van der Waals surface area contributed by atoms with Crippen molar-refractivity contribution < 1.29 is 27.4 Å². The molecule has 9 heteroatoms. The summed E-state index contributed by atoms with van der Waals surface area (Å²) >= 11 is 0. The number of nitrogens with zero attached hydrogens (tertiary/aromatic N) is 1. The Labute approximate surface area is 164 Å². The minimum absolute atomic E-state index is 0.0465. The van der Waals surface area contributed by atoms with Gasteiger partial charge in [0.05, 0.1) is 18.4 Å². The Kier molecular flexibility index (Phi) is 5.87. The molecule has 150 valence electrons. The van der Waals surface area contributed by atoms with Crippen molar-refractivity contribution >= 4 is 11.6 Å². The predicted octanol–water partition coefficient (Wildman–Crippen LogP) is 4.66. The topological polar surface area (TPSA) is 72.5 Å². The van der Waals surface area contributed by atoms with Gasteiger partial charge in [-0.3, -0.25) is 15.6 Å². The monoisotopic (exact) mass is 403 g/mol. The first-order valence-corrected chi connectivity index (χ1v) is 8.38. The second kappa shape index (κ2) is 8.51. The molecule has 0 bridgehead atoms. The molecule has 1 aromatic heterocycles. The molecule has 29 heavy (non-hydrogen) atoms. The predicted molar refractivity (Wildman–Crippen MR) is 99.8 cm³/mol. The number of halogens is 3. The molecule has 0 saturated carbocycles. The van der Waals surface area contributed by atoms with E-state index in [0.29, 0.717) is 5.69 Å². The average molecular weight is 403 g/mol. The minimum Gasteiger partial charge on any atom is -0.496 e. The standard InChI is InChI=1S/C20H16F3N3O3/c1-28-16-11-17(19(27)26-25-14-7-3-2-4-8-14)24-18(12-16)29-15-9-5-6-13(10-15)20(21,22)23/h2-12,25H,1H3,(H,26,27). The van der Waals surface area contributed by atoms with Crippen LogP contribution in [0.1, 0.15) is 16.1 Å². The number of carbonyl (C=O) groups excluding carboxylic acids is 1. The number of alkyl halides is 3. The van der Waals surface area contributed by atoms with Gasteiger partial charge in [0, 0.05) is 12.1 Å². The smallest absolute Gasteiger partial charge is 0.416 e. The maximum atomic E-state index is 12.9. The van der Waals surface area contributed by atoms with Crippen LogP contribution in [0, 0.1) is 0 Å². The van der Waals surface area contributed by atoms with Crippen molar-refractivity contribution in [3.05, 3.63) is 78.0 Å². The number of benzene rings is 2. The number of rotatable bonds is 6. The van der Waals surface area contributed by atoms with Gasteiger partial charge in [0.15, 0.2) is 0 Å². The number of hydrogen-bond donors (Lipinski definition) is 2. The van der Waals surface area contributed by atoms with Crippen LogP contribution in [0.4, 0.5) is 18.9 Å². The highest BCUT2D eigenvalue weighted by Gasteiger charge is 2.30. The highest BCUT2D eigenvalue weighted by molar-refractivity contribution is 5.93. The summed E-state index contributed by atoms with van der Waals surface area (Å²) in [5.41, 5.74) is 4.95. The van der Waals surface area contributed by atoms with Crippen LogP contribution in [-0.2, 0) is 6.18 Å². The van der Waals surface area contributed by atoms with E-state index in [0.717, 1.165) is 12.1 Å².